The Kier molecular flexibility index (Phi) is 5.71. The van der Waals surface area contributed by atoms with Crippen LogP contribution >= 0.6 is 0 Å². The van der Waals surface area contributed by atoms with E-state index in [1.165, 1.54) is 0 Å². The van der Waals surface area contributed by atoms with Crippen molar-refractivity contribution in [3.63, 3.8) is 0 Å². The lowest BCUT2D eigenvalue weighted by atomic mass is 10.0. The molecule has 148 valence electrons. The minimum absolute atomic E-state index is 0.294. The third-order valence-electron chi connectivity index (χ3n) is 4.20. The van der Waals surface area contributed by atoms with Crippen LogP contribution in [0.1, 0.15) is 0 Å². The Morgan fingerprint density at radius 2 is 2.00 bits per heavy atom. The van der Waals surface area contributed by atoms with Gasteiger partial charge in [-0.15, -0.1) is 0 Å². The van der Waals surface area contributed by atoms with Gasteiger partial charge < -0.3 is 10.1 Å². The van der Waals surface area contributed by atoms with Crippen molar-refractivity contribution in [2.75, 3.05) is 29.9 Å². The Balaban J connectivity index is 2.08. The molecule has 0 spiro atoms. The lowest BCUT2D eigenvalue weighted by molar-refractivity contribution is 0.417. The summed E-state index contributed by atoms with van der Waals surface area (Å²) in [6, 6.07) is 14.9. The van der Waals surface area contributed by atoms with Crippen molar-refractivity contribution in [2.24, 2.45) is 0 Å². The highest BCUT2D eigenvalue weighted by atomic mass is 32.2. The second kappa shape index (κ2) is 8.20. The SMILES string of the molecule is C=C(C#N)CNc1c(OC)ccc2ccc(-c3cc(NS(C)(=O)=O)ccn3)cc12. The van der Waals surface area contributed by atoms with Crippen LogP contribution in [0.25, 0.3) is 22.0 Å². The van der Waals surface area contributed by atoms with Crippen molar-refractivity contribution in [1.82, 2.24) is 4.98 Å². The van der Waals surface area contributed by atoms with E-state index in [1.54, 1.807) is 25.4 Å². The van der Waals surface area contributed by atoms with Gasteiger partial charge in [0, 0.05) is 29.3 Å². The average molecular weight is 408 g/mol. The Bertz CT molecular complexity index is 1230. The second-order valence-electron chi connectivity index (χ2n) is 6.45. The van der Waals surface area contributed by atoms with Gasteiger partial charge in [-0.25, -0.2) is 8.42 Å². The molecule has 2 N–H and O–H groups in total. The number of aromatic nitrogens is 1. The van der Waals surface area contributed by atoms with Crippen LogP contribution in [0.15, 0.2) is 60.8 Å². The fourth-order valence-corrected chi connectivity index (χ4v) is 3.47. The first kappa shape index (κ1) is 20.2. The average Bonchev–Trinajstić information content (AvgIpc) is 2.70. The molecular weight excluding hydrogens is 388 g/mol. The third-order valence-corrected chi connectivity index (χ3v) is 4.81. The summed E-state index contributed by atoms with van der Waals surface area (Å²) in [4.78, 5) is 4.36. The Morgan fingerprint density at radius 1 is 1.24 bits per heavy atom. The molecule has 29 heavy (non-hydrogen) atoms. The van der Waals surface area contributed by atoms with Crippen molar-refractivity contribution in [3.05, 3.63) is 60.8 Å². The minimum Gasteiger partial charge on any atom is -0.495 e. The zero-order chi connectivity index (χ0) is 21.0. The molecule has 3 aromatic rings. The number of fused-ring (bicyclic) bond motifs is 1. The van der Waals surface area contributed by atoms with Gasteiger partial charge in [-0.2, -0.15) is 5.26 Å². The van der Waals surface area contributed by atoms with E-state index >= 15 is 0 Å². The summed E-state index contributed by atoms with van der Waals surface area (Å²) in [5.74, 6) is 0.640. The molecule has 0 saturated heterocycles. The second-order valence-corrected chi connectivity index (χ2v) is 8.20. The van der Waals surface area contributed by atoms with Crippen molar-refractivity contribution in [1.29, 1.82) is 5.26 Å². The molecular formula is C21H20N4O3S. The van der Waals surface area contributed by atoms with Gasteiger partial charge in [0.1, 0.15) is 5.75 Å². The fraction of sp³-hybridized carbons (Fsp3) is 0.143. The Hall–Kier alpha value is -3.57. The number of nitriles is 1. The highest BCUT2D eigenvalue weighted by molar-refractivity contribution is 7.92. The molecule has 0 unspecified atom stereocenters. The molecule has 0 fully saturated rings. The number of hydrogen-bond acceptors (Lipinski definition) is 6. The molecule has 0 amide bonds. The molecule has 0 saturated carbocycles. The molecule has 0 aliphatic rings. The highest BCUT2D eigenvalue weighted by Gasteiger charge is 2.11. The van der Waals surface area contributed by atoms with Crippen LogP contribution in [0, 0.1) is 11.3 Å². The lowest BCUT2D eigenvalue weighted by Gasteiger charge is -2.15. The number of pyridine rings is 1. The Labute approximate surface area is 169 Å². The smallest absolute Gasteiger partial charge is 0.229 e. The van der Waals surface area contributed by atoms with E-state index in [-0.39, 0.29) is 0 Å². The molecule has 0 atom stereocenters. The number of anilines is 2. The van der Waals surface area contributed by atoms with Crippen molar-refractivity contribution >= 4 is 32.2 Å². The van der Waals surface area contributed by atoms with Crippen molar-refractivity contribution in [2.45, 2.75) is 0 Å². The summed E-state index contributed by atoms with van der Waals surface area (Å²) in [5.41, 5.74) is 3.02. The highest BCUT2D eigenvalue weighted by Crippen LogP contribution is 2.36. The fourth-order valence-electron chi connectivity index (χ4n) is 2.91. The normalized spacial score (nSPS) is 10.9. The van der Waals surface area contributed by atoms with E-state index < -0.39 is 10.0 Å². The summed E-state index contributed by atoms with van der Waals surface area (Å²) in [6.45, 7) is 3.99. The topological polar surface area (TPSA) is 104 Å². The number of ether oxygens (including phenoxy) is 1. The molecule has 7 nitrogen and oxygen atoms in total. The van der Waals surface area contributed by atoms with Crippen molar-refractivity contribution < 1.29 is 13.2 Å². The first-order chi connectivity index (χ1) is 13.8. The van der Waals surface area contributed by atoms with Gasteiger partial charge in [0.05, 0.1) is 36.5 Å². The number of rotatable bonds is 7. The van der Waals surface area contributed by atoms with Crippen LogP contribution in [-0.4, -0.2) is 33.3 Å². The summed E-state index contributed by atoms with van der Waals surface area (Å²) < 4.78 is 30.9. The monoisotopic (exact) mass is 408 g/mol. The maximum atomic E-state index is 11.5. The van der Waals surface area contributed by atoms with Gasteiger partial charge in [-0.3, -0.25) is 9.71 Å². The van der Waals surface area contributed by atoms with E-state index in [0.29, 0.717) is 29.2 Å². The molecule has 2 aromatic carbocycles. The van der Waals surface area contributed by atoms with Crippen LogP contribution in [0.3, 0.4) is 0 Å². The molecule has 0 aliphatic carbocycles. The number of nitrogens with one attached hydrogen (secondary N) is 2. The maximum Gasteiger partial charge on any atom is 0.229 e. The molecule has 3 rings (SSSR count). The summed E-state index contributed by atoms with van der Waals surface area (Å²) >= 11 is 0. The third kappa shape index (κ3) is 4.83. The molecule has 0 aliphatic heterocycles. The number of sulfonamides is 1. The van der Waals surface area contributed by atoms with Crippen molar-refractivity contribution in [3.8, 4) is 23.1 Å². The van der Waals surface area contributed by atoms with Gasteiger partial charge in [0.15, 0.2) is 0 Å². The quantitative estimate of drug-likeness (QED) is 0.577. The van der Waals surface area contributed by atoms with Crippen LogP contribution in [-0.2, 0) is 10.0 Å². The van der Waals surface area contributed by atoms with Crippen LogP contribution in [0.5, 0.6) is 5.75 Å². The first-order valence-corrected chi connectivity index (χ1v) is 10.6. The van der Waals surface area contributed by atoms with Gasteiger partial charge in [0.25, 0.3) is 0 Å². The number of benzene rings is 2. The number of methoxy groups -OCH3 is 1. The zero-order valence-electron chi connectivity index (χ0n) is 16.1. The van der Waals surface area contributed by atoms with Gasteiger partial charge >= 0.3 is 0 Å². The largest absolute Gasteiger partial charge is 0.495 e. The molecule has 1 heterocycles. The van der Waals surface area contributed by atoms with E-state index in [0.717, 1.165) is 28.3 Å². The van der Waals surface area contributed by atoms with E-state index in [2.05, 4.69) is 21.6 Å². The van der Waals surface area contributed by atoms with E-state index in [9.17, 15) is 8.42 Å². The molecule has 0 bridgehead atoms. The standard InChI is InChI=1S/C21H20N4O3S/c1-14(12-22)13-24-21-18-10-16(5-4-15(18)6-7-20(21)28-2)19-11-17(8-9-23-19)25-29(3,26)27/h4-11,24H,1,13H2,2-3H3,(H,23,25). The Morgan fingerprint density at radius 3 is 2.69 bits per heavy atom. The lowest BCUT2D eigenvalue weighted by Crippen LogP contribution is -2.09. The summed E-state index contributed by atoms with van der Waals surface area (Å²) in [5, 5.41) is 14.1. The minimum atomic E-state index is -3.38. The molecule has 8 heteroatoms. The van der Waals surface area contributed by atoms with Gasteiger partial charge in [-0.1, -0.05) is 24.8 Å². The predicted octanol–water partition coefficient (Wildman–Crippen LogP) is 3.77. The van der Waals surface area contributed by atoms with E-state index in [1.807, 2.05) is 36.4 Å². The van der Waals surface area contributed by atoms with Crippen LogP contribution in [0.2, 0.25) is 0 Å². The summed E-state index contributed by atoms with van der Waals surface area (Å²) in [7, 11) is -1.80. The summed E-state index contributed by atoms with van der Waals surface area (Å²) in [6.07, 6.45) is 2.65. The molecule has 1 aromatic heterocycles. The first-order valence-electron chi connectivity index (χ1n) is 8.67. The zero-order valence-corrected chi connectivity index (χ0v) is 16.9. The van der Waals surface area contributed by atoms with Gasteiger partial charge in [0.2, 0.25) is 10.0 Å². The maximum absolute atomic E-state index is 11.5. The van der Waals surface area contributed by atoms with Gasteiger partial charge in [-0.05, 0) is 29.7 Å². The molecule has 0 radical (unpaired) electrons. The van der Waals surface area contributed by atoms with E-state index in [4.69, 9.17) is 10.00 Å². The number of nitrogens with zero attached hydrogens (tertiary/aromatic N) is 2. The predicted molar refractivity (Wildman–Crippen MR) is 115 cm³/mol. The van der Waals surface area contributed by atoms with Crippen LogP contribution < -0.4 is 14.8 Å². The van der Waals surface area contributed by atoms with Crippen LogP contribution in [0.4, 0.5) is 11.4 Å². The number of hydrogen-bond donors (Lipinski definition) is 2.